The summed E-state index contributed by atoms with van der Waals surface area (Å²) in [6, 6.07) is 27.4. The minimum absolute atomic E-state index is 0.135. The molecule has 0 aliphatic carbocycles. The van der Waals surface area contributed by atoms with E-state index in [1.165, 1.54) is 23.1 Å². The Morgan fingerprint density at radius 3 is 2.04 bits per heavy atom. The molecule has 1 unspecified atom stereocenters. The van der Waals surface area contributed by atoms with Crippen molar-refractivity contribution < 1.29 is 4.74 Å². The normalized spacial score (nSPS) is 16.4. The van der Waals surface area contributed by atoms with E-state index in [1.54, 1.807) is 0 Å². The minimum atomic E-state index is -0.240. The van der Waals surface area contributed by atoms with E-state index >= 15 is 0 Å². The van der Waals surface area contributed by atoms with E-state index in [1.807, 2.05) is 11.1 Å². The van der Waals surface area contributed by atoms with E-state index in [0.29, 0.717) is 0 Å². The smallest absolute Gasteiger partial charge is 0.219 e. The largest absolute Gasteiger partial charge is 0.452 e. The molecule has 1 heterocycles. The average Bonchev–Trinajstić information content (AvgIpc) is 3.18. The van der Waals surface area contributed by atoms with Gasteiger partial charge in [-0.1, -0.05) is 87.5 Å². The first-order valence-corrected chi connectivity index (χ1v) is 9.25. The molecule has 0 spiro atoms. The van der Waals surface area contributed by atoms with E-state index in [0.717, 1.165) is 11.3 Å². The van der Waals surface area contributed by atoms with Crippen LogP contribution >= 0.6 is 0 Å². The molecule has 0 bridgehead atoms. The quantitative estimate of drug-likeness (QED) is 0.564. The maximum absolute atomic E-state index is 5.78. The molecule has 1 aliphatic rings. The molecule has 3 aromatic carbocycles. The van der Waals surface area contributed by atoms with Gasteiger partial charge in [-0.05, 0) is 34.2 Å². The molecule has 0 saturated carbocycles. The Kier molecular flexibility index (Phi) is 4.44. The van der Waals surface area contributed by atoms with Crippen LogP contribution in [0.15, 0.2) is 84.0 Å². The van der Waals surface area contributed by atoms with Crippen molar-refractivity contribution in [3.63, 3.8) is 0 Å². The summed E-state index contributed by atoms with van der Waals surface area (Å²) in [5.74, 6) is 0. The van der Waals surface area contributed by atoms with Crippen LogP contribution in [0.2, 0.25) is 0 Å². The Morgan fingerprint density at radius 1 is 0.778 bits per heavy atom. The van der Waals surface area contributed by atoms with Crippen LogP contribution in [0.1, 0.15) is 38.1 Å². The van der Waals surface area contributed by atoms with Gasteiger partial charge in [-0.2, -0.15) is 0 Å². The molecule has 0 amide bonds. The van der Waals surface area contributed by atoms with Gasteiger partial charge in [-0.15, -0.1) is 5.10 Å². The molecule has 27 heavy (non-hydrogen) atoms. The zero-order chi connectivity index (χ0) is 18.9. The number of rotatable bonds is 3. The van der Waals surface area contributed by atoms with Crippen molar-refractivity contribution in [3.05, 3.63) is 90.0 Å². The molecule has 1 atom stereocenters. The van der Waals surface area contributed by atoms with Crippen LogP contribution in [0.5, 0.6) is 0 Å². The molecule has 0 saturated heterocycles. The number of benzene rings is 3. The standard InChI is InChI=1S/C24H24N2O/c1-24(2,3)21-13-15-22(16-14-21)26-23(27-17-25-26)20-11-9-19(10-12-20)18-7-5-4-6-8-18/h4-17,23H,1-3H3. The van der Waals surface area contributed by atoms with Gasteiger partial charge in [0.1, 0.15) is 0 Å². The second kappa shape index (κ2) is 6.92. The topological polar surface area (TPSA) is 24.8 Å². The molecule has 4 rings (SSSR count). The van der Waals surface area contributed by atoms with E-state index in [2.05, 4.69) is 98.7 Å². The number of hydrazone groups is 1. The second-order valence-corrected chi connectivity index (χ2v) is 7.84. The summed E-state index contributed by atoms with van der Waals surface area (Å²) in [5.41, 5.74) is 5.94. The highest BCUT2D eigenvalue weighted by atomic mass is 16.5. The number of ether oxygens (including phenoxy) is 1. The molecule has 1 aliphatic heterocycles. The monoisotopic (exact) mass is 356 g/mol. The fraction of sp³-hybridized carbons (Fsp3) is 0.208. The maximum Gasteiger partial charge on any atom is 0.219 e. The van der Waals surface area contributed by atoms with Gasteiger partial charge < -0.3 is 4.74 Å². The molecule has 0 N–H and O–H groups in total. The molecule has 3 aromatic rings. The van der Waals surface area contributed by atoms with Gasteiger partial charge in [0.2, 0.25) is 6.23 Å². The van der Waals surface area contributed by atoms with Gasteiger partial charge >= 0.3 is 0 Å². The first kappa shape index (κ1) is 17.3. The van der Waals surface area contributed by atoms with E-state index < -0.39 is 0 Å². The highest BCUT2D eigenvalue weighted by Gasteiger charge is 2.26. The first-order valence-electron chi connectivity index (χ1n) is 9.25. The fourth-order valence-corrected chi connectivity index (χ4v) is 3.26. The third-order valence-electron chi connectivity index (χ3n) is 4.88. The highest BCUT2D eigenvalue weighted by Crippen LogP contribution is 2.34. The summed E-state index contributed by atoms with van der Waals surface area (Å²) < 4.78 is 5.78. The van der Waals surface area contributed by atoms with Crippen LogP contribution in [0.4, 0.5) is 5.69 Å². The van der Waals surface area contributed by atoms with Gasteiger partial charge in [-0.3, -0.25) is 0 Å². The zero-order valence-electron chi connectivity index (χ0n) is 16.0. The lowest BCUT2D eigenvalue weighted by Crippen LogP contribution is -2.20. The lowest BCUT2D eigenvalue weighted by atomic mass is 9.87. The molecule has 0 radical (unpaired) electrons. The van der Waals surface area contributed by atoms with Crippen molar-refractivity contribution in [2.24, 2.45) is 5.10 Å². The Labute approximate surface area is 160 Å². The van der Waals surface area contributed by atoms with Gasteiger partial charge in [0.25, 0.3) is 0 Å². The first-order chi connectivity index (χ1) is 13.0. The molecule has 3 heteroatoms. The molecular weight excluding hydrogens is 332 g/mol. The Hall–Kier alpha value is -3.07. The SMILES string of the molecule is CC(C)(C)c1ccc(N2N=COC2c2ccc(-c3ccccc3)cc2)cc1. The summed E-state index contributed by atoms with van der Waals surface area (Å²) in [7, 11) is 0. The van der Waals surface area contributed by atoms with Crippen LogP contribution in [0, 0.1) is 0 Å². The molecule has 136 valence electrons. The summed E-state index contributed by atoms with van der Waals surface area (Å²) in [4.78, 5) is 0. The lowest BCUT2D eigenvalue weighted by Gasteiger charge is -2.24. The van der Waals surface area contributed by atoms with E-state index in [-0.39, 0.29) is 11.6 Å². The molecular formula is C24H24N2O. The van der Waals surface area contributed by atoms with E-state index in [4.69, 9.17) is 4.74 Å². The van der Waals surface area contributed by atoms with Crippen LogP contribution in [0.3, 0.4) is 0 Å². The Balaban J connectivity index is 1.57. The molecule has 0 aromatic heterocycles. The van der Waals surface area contributed by atoms with Gasteiger partial charge in [-0.25, -0.2) is 5.01 Å². The Morgan fingerprint density at radius 2 is 1.41 bits per heavy atom. The zero-order valence-corrected chi connectivity index (χ0v) is 16.0. The predicted molar refractivity (Wildman–Crippen MR) is 112 cm³/mol. The number of nitrogens with zero attached hydrogens (tertiary/aromatic N) is 2. The third-order valence-corrected chi connectivity index (χ3v) is 4.88. The third kappa shape index (κ3) is 3.59. The lowest BCUT2D eigenvalue weighted by molar-refractivity contribution is 0.227. The van der Waals surface area contributed by atoms with Crippen molar-refractivity contribution in [1.82, 2.24) is 0 Å². The summed E-state index contributed by atoms with van der Waals surface area (Å²) >= 11 is 0. The maximum atomic E-state index is 5.78. The van der Waals surface area contributed by atoms with Crippen LogP contribution in [0.25, 0.3) is 11.1 Å². The Bertz CT molecular complexity index is 923. The van der Waals surface area contributed by atoms with Crippen molar-refractivity contribution in [2.75, 3.05) is 5.01 Å². The van der Waals surface area contributed by atoms with Gasteiger partial charge in [0.15, 0.2) is 6.40 Å². The van der Waals surface area contributed by atoms with E-state index in [9.17, 15) is 0 Å². The molecule has 0 fully saturated rings. The molecule has 3 nitrogen and oxygen atoms in total. The summed E-state index contributed by atoms with van der Waals surface area (Å²) in [6.45, 7) is 6.66. The summed E-state index contributed by atoms with van der Waals surface area (Å²) in [5, 5.41) is 6.34. The van der Waals surface area contributed by atoms with Gasteiger partial charge in [0, 0.05) is 5.56 Å². The highest BCUT2D eigenvalue weighted by molar-refractivity contribution is 5.64. The minimum Gasteiger partial charge on any atom is -0.452 e. The predicted octanol–water partition coefficient (Wildman–Crippen LogP) is 6.13. The van der Waals surface area contributed by atoms with Gasteiger partial charge in [0.05, 0.1) is 5.69 Å². The number of hydrogen-bond acceptors (Lipinski definition) is 3. The van der Waals surface area contributed by atoms with Crippen LogP contribution in [-0.2, 0) is 10.2 Å². The average molecular weight is 356 g/mol. The second-order valence-electron chi connectivity index (χ2n) is 7.84. The van der Waals surface area contributed by atoms with Crippen LogP contribution in [-0.4, -0.2) is 6.40 Å². The van der Waals surface area contributed by atoms with Crippen LogP contribution < -0.4 is 5.01 Å². The van der Waals surface area contributed by atoms with Crippen molar-refractivity contribution in [3.8, 4) is 11.1 Å². The fourth-order valence-electron chi connectivity index (χ4n) is 3.26. The van der Waals surface area contributed by atoms with Crippen molar-refractivity contribution in [2.45, 2.75) is 32.4 Å². The summed E-state index contributed by atoms with van der Waals surface area (Å²) in [6.07, 6.45) is 1.28. The van der Waals surface area contributed by atoms with Crippen molar-refractivity contribution in [1.29, 1.82) is 0 Å². The van der Waals surface area contributed by atoms with Crippen molar-refractivity contribution >= 4 is 12.1 Å². The number of anilines is 1. The number of hydrogen-bond donors (Lipinski definition) is 0.